The lowest BCUT2D eigenvalue weighted by Crippen LogP contribution is -2.36. The van der Waals surface area contributed by atoms with Crippen molar-refractivity contribution < 1.29 is 4.74 Å². The van der Waals surface area contributed by atoms with Crippen LogP contribution in [0.1, 0.15) is 12.5 Å². The molecule has 0 unspecified atom stereocenters. The predicted molar refractivity (Wildman–Crippen MR) is 105 cm³/mol. The first-order chi connectivity index (χ1) is 12.3. The zero-order chi connectivity index (χ0) is 17.1. The molecule has 2 heterocycles. The summed E-state index contributed by atoms with van der Waals surface area (Å²) >= 11 is 1.61. The van der Waals surface area contributed by atoms with Crippen LogP contribution in [0.2, 0.25) is 0 Å². The molecule has 0 spiro atoms. The van der Waals surface area contributed by atoms with Gasteiger partial charge in [0.15, 0.2) is 0 Å². The highest BCUT2D eigenvalue weighted by Crippen LogP contribution is 2.25. The van der Waals surface area contributed by atoms with Gasteiger partial charge in [0.25, 0.3) is 0 Å². The molecule has 1 saturated heterocycles. The third-order valence-electron chi connectivity index (χ3n) is 4.27. The molecule has 6 heteroatoms. The molecule has 128 valence electrons. The van der Waals surface area contributed by atoms with E-state index < -0.39 is 0 Å². The van der Waals surface area contributed by atoms with Gasteiger partial charge in [-0.15, -0.1) is 0 Å². The molecule has 25 heavy (non-hydrogen) atoms. The molecule has 3 aromatic rings. The second kappa shape index (κ2) is 7.21. The quantitative estimate of drug-likeness (QED) is 0.570. The molecular formula is C19H20N4OS. The molecule has 0 aliphatic carbocycles. The Morgan fingerprint density at radius 2 is 1.88 bits per heavy atom. The smallest absolute Gasteiger partial charge is 0.204 e. The van der Waals surface area contributed by atoms with Crippen molar-refractivity contribution in [2.24, 2.45) is 5.10 Å². The molecule has 0 radical (unpaired) electrons. The highest BCUT2D eigenvalue weighted by atomic mass is 32.1. The standard InChI is InChI=1S/C19H20N4OS/c1-14(21-22-19-20-17-4-2-3-5-18(17)25-19)15-6-8-16(9-7-15)23-10-12-24-13-11-23/h2-9H,10-13H2,1H3,(H,20,22)/b21-14+. The fourth-order valence-corrected chi connectivity index (χ4v) is 3.66. The Bertz CT molecular complexity index is 849. The van der Waals surface area contributed by atoms with E-state index in [2.05, 4.69) is 50.7 Å². The number of nitrogens with zero attached hydrogens (tertiary/aromatic N) is 3. The number of hydrogen-bond acceptors (Lipinski definition) is 6. The van der Waals surface area contributed by atoms with Crippen molar-refractivity contribution in [2.75, 3.05) is 36.6 Å². The lowest BCUT2D eigenvalue weighted by molar-refractivity contribution is 0.122. The number of thiazole rings is 1. The first-order valence-corrected chi connectivity index (χ1v) is 9.20. The van der Waals surface area contributed by atoms with E-state index in [1.54, 1.807) is 11.3 Å². The van der Waals surface area contributed by atoms with Gasteiger partial charge in [0.2, 0.25) is 5.13 Å². The Kier molecular flexibility index (Phi) is 4.63. The van der Waals surface area contributed by atoms with E-state index in [0.29, 0.717) is 0 Å². The summed E-state index contributed by atoms with van der Waals surface area (Å²) < 4.78 is 6.56. The van der Waals surface area contributed by atoms with E-state index >= 15 is 0 Å². The Labute approximate surface area is 151 Å². The zero-order valence-electron chi connectivity index (χ0n) is 14.1. The maximum Gasteiger partial charge on any atom is 0.204 e. The van der Waals surface area contributed by atoms with Gasteiger partial charge < -0.3 is 9.64 Å². The van der Waals surface area contributed by atoms with Crippen LogP contribution in [0.25, 0.3) is 10.2 Å². The molecule has 1 N–H and O–H groups in total. The maximum atomic E-state index is 5.40. The van der Waals surface area contributed by atoms with Crippen molar-refractivity contribution in [1.29, 1.82) is 0 Å². The fraction of sp³-hybridized carbons (Fsp3) is 0.263. The number of fused-ring (bicyclic) bond motifs is 1. The molecule has 0 atom stereocenters. The number of benzene rings is 2. The van der Waals surface area contributed by atoms with Gasteiger partial charge in [-0.05, 0) is 36.8 Å². The predicted octanol–water partition coefficient (Wildman–Crippen LogP) is 3.97. The molecule has 1 aliphatic rings. The van der Waals surface area contributed by atoms with Gasteiger partial charge in [-0.1, -0.05) is 35.6 Å². The van der Waals surface area contributed by atoms with Gasteiger partial charge in [-0.25, -0.2) is 4.98 Å². The molecule has 4 rings (SSSR count). The van der Waals surface area contributed by atoms with Crippen molar-refractivity contribution >= 4 is 38.1 Å². The molecule has 0 amide bonds. The molecule has 1 aliphatic heterocycles. The summed E-state index contributed by atoms with van der Waals surface area (Å²) in [5.74, 6) is 0. The minimum absolute atomic E-state index is 0.800. The van der Waals surface area contributed by atoms with Gasteiger partial charge >= 0.3 is 0 Å². The van der Waals surface area contributed by atoms with Crippen molar-refractivity contribution in [3.05, 3.63) is 54.1 Å². The SMILES string of the molecule is C/C(=N\Nc1nc2ccccc2s1)c1ccc(N2CCOCC2)cc1. The van der Waals surface area contributed by atoms with Gasteiger partial charge in [-0.2, -0.15) is 5.10 Å². The second-order valence-electron chi connectivity index (χ2n) is 5.94. The summed E-state index contributed by atoms with van der Waals surface area (Å²) in [7, 11) is 0. The number of aromatic nitrogens is 1. The largest absolute Gasteiger partial charge is 0.378 e. The van der Waals surface area contributed by atoms with Crippen LogP contribution in [-0.2, 0) is 4.74 Å². The number of hydrogen-bond donors (Lipinski definition) is 1. The molecule has 0 saturated carbocycles. The highest BCUT2D eigenvalue weighted by Gasteiger charge is 2.11. The number of para-hydroxylation sites is 1. The van der Waals surface area contributed by atoms with E-state index in [1.807, 2.05) is 25.1 Å². The highest BCUT2D eigenvalue weighted by molar-refractivity contribution is 7.22. The van der Waals surface area contributed by atoms with Gasteiger partial charge in [0.1, 0.15) is 0 Å². The van der Waals surface area contributed by atoms with E-state index in [9.17, 15) is 0 Å². The first kappa shape index (κ1) is 16.1. The Balaban J connectivity index is 1.45. The first-order valence-electron chi connectivity index (χ1n) is 8.38. The Morgan fingerprint density at radius 1 is 1.12 bits per heavy atom. The maximum absolute atomic E-state index is 5.40. The summed E-state index contributed by atoms with van der Waals surface area (Å²) in [4.78, 5) is 6.88. The van der Waals surface area contributed by atoms with Crippen molar-refractivity contribution in [2.45, 2.75) is 6.92 Å². The molecule has 2 aromatic carbocycles. The third-order valence-corrected chi connectivity index (χ3v) is 5.22. The van der Waals surface area contributed by atoms with E-state index in [-0.39, 0.29) is 0 Å². The van der Waals surface area contributed by atoms with Crippen molar-refractivity contribution in [1.82, 2.24) is 4.98 Å². The molecule has 1 fully saturated rings. The minimum Gasteiger partial charge on any atom is -0.378 e. The van der Waals surface area contributed by atoms with E-state index in [4.69, 9.17) is 4.74 Å². The van der Waals surface area contributed by atoms with Crippen LogP contribution in [0.3, 0.4) is 0 Å². The zero-order valence-corrected chi connectivity index (χ0v) is 14.9. The summed E-state index contributed by atoms with van der Waals surface area (Å²) in [6, 6.07) is 16.6. The van der Waals surface area contributed by atoms with Crippen LogP contribution in [0, 0.1) is 0 Å². The number of hydrazone groups is 1. The van der Waals surface area contributed by atoms with Crippen molar-refractivity contribution in [3.8, 4) is 0 Å². The number of rotatable bonds is 4. The van der Waals surface area contributed by atoms with Crippen LogP contribution in [0.4, 0.5) is 10.8 Å². The molecule has 1 aromatic heterocycles. The molecule has 0 bridgehead atoms. The van der Waals surface area contributed by atoms with E-state index in [1.165, 1.54) is 5.69 Å². The number of morpholine rings is 1. The Morgan fingerprint density at radius 3 is 2.64 bits per heavy atom. The number of nitrogens with one attached hydrogen (secondary N) is 1. The van der Waals surface area contributed by atoms with Crippen LogP contribution < -0.4 is 10.3 Å². The average Bonchev–Trinajstić information content (AvgIpc) is 3.10. The third kappa shape index (κ3) is 3.65. The number of anilines is 2. The Hall–Kier alpha value is -2.44. The minimum atomic E-state index is 0.800. The van der Waals surface area contributed by atoms with Crippen molar-refractivity contribution in [3.63, 3.8) is 0 Å². The lowest BCUT2D eigenvalue weighted by atomic mass is 10.1. The van der Waals surface area contributed by atoms with Crippen LogP contribution in [-0.4, -0.2) is 37.0 Å². The van der Waals surface area contributed by atoms with Gasteiger partial charge in [0, 0.05) is 18.8 Å². The fourth-order valence-electron chi connectivity index (χ4n) is 2.85. The van der Waals surface area contributed by atoms with Gasteiger partial charge in [0.05, 0.1) is 29.1 Å². The topological polar surface area (TPSA) is 49.8 Å². The molecule has 5 nitrogen and oxygen atoms in total. The van der Waals surface area contributed by atoms with Crippen LogP contribution in [0.5, 0.6) is 0 Å². The number of ether oxygens (including phenoxy) is 1. The monoisotopic (exact) mass is 352 g/mol. The second-order valence-corrected chi connectivity index (χ2v) is 6.97. The molecular weight excluding hydrogens is 332 g/mol. The summed E-state index contributed by atoms with van der Waals surface area (Å²) in [6.07, 6.45) is 0. The van der Waals surface area contributed by atoms with Crippen LogP contribution in [0.15, 0.2) is 53.6 Å². The summed E-state index contributed by atoms with van der Waals surface area (Å²) in [6.45, 7) is 5.50. The normalized spacial score (nSPS) is 15.6. The van der Waals surface area contributed by atoms with Gasteiger partial charge in [-0.3, -0.25) is 5.43 Å². The van der Waals surface area contributed by atoms with Crippen LogP contribution >= 0.6 is 11.3 Å². The lowest BCUT2D eigenvalue weighted by Gasteiger charge is -2.28. The van der Waals surface area contributed by atoms with E-state index in [0.717, 1.165) is 52.9 Å². The summed E-state index contributed by atoms with van der Waals surface area (Å²) in [5.41, 5.74) is 7.35. The average molecular weight is 352 g/mol. The summed E-state index contributed by atoms with van der Waals surface area (Å²) in [5, 5.41) is 5.29.